The quantitative estimate of drug-likeness (QED) is 0.148. The highest BCUT2D eigenvalue weighted by Gasteiger charge is 2.46. The standard InChI is InChI=1S/C61H41NS/c1-4-15-42(16-5-1)43-27-33-50(34-28-43)62(51-35-29-44(30-36-51)46-32-38-60-56(41-46)54-24-11-13-26-59(54)63-60)52-22-14-17-45(39-52)47-31-37-58-55(40-47)53-23-10-12-25-57(53)61(58,48-18-6-2-7-19-48)49-20-8-3-9-21-49/h1-41H. The van der Waals surface area contributed by atoms with E-state index in [2.05, 4.69) is 254 Å². The molecule has 0 saturated heterocycles. The lowest BCUT2D eigenvalue weighted by Gasteiger charge is -2.33. The largest absolute Gasteiger partial charge is 0.310 e. The molecule has 2 heteroatoms. The van der Waals surface area contributed by atoms with Gasteiger partial charge in [-0.1, -0.05) is 188 Å². The Kier molecular flexibility index (Phi) is 8.98. The van der Waals surface area contributed by atoms with Gasteiger partial charge in [0.15, 0.2) is 0 Å². The predicted octanol–water partition coefficient (Wildman–Crippen LogP) is 16.9. The Bertz CT molecular complexity index is 3380. The Balaban J connectivity index is 0.965. The first-order chi connectivity index (χ1) is 31.2. The number of hydrogen-bond donors (Lipinski definition) is 0. The molecule has 1 aliphatic rings. The third-order valence-electron chi connectivity index (χ3n) is 13.0. The lowest BCUT2D eigenvalue weighted by molar-refractivity contribution is 0.768. The fourth-order valence-corrected chi connectivity index (χ4v) is 11.1. The van der Waals surface area contributed by atoms with E-state index in [0.717, 1.165) is 17.1 Å². The normalized spacial score (nSPS) is 12.6. The summed E-state index contributed by atoms with van der Waals surface area (Å²) < 4.78 is 2.65. The highest BCUT2D eigenvalue weighted by Crippen LogP contribution is 2.56. The maximum atomic E-state index is 2.42. The van der Waals surface area contributed by atoms with Gasteiger partial charge in [-0.05, 0) is 127 Å². The van der Waals surface area contributed by atoms with Gasteiger partial charge in [0, 0.05) is 37.2 Å². The van der Waals surface area contributed by atoms with Crippen molar-refractivity contribution in [3.8, 4) is 44.5 Å². The molecule has 0 radical (unpaired) electrons. The molecular formula is C61H41NS. The molecule has 10 aromatic carbocycles. The van der Waals surface area contributed by atoms with Crippen LogP contribution in [0.5, 0.6) is 0 Å². The second kappa shape index (κ2) is 15.3. The summed E-state index contributed by atoms with van der Waals surface area (Å²) in [5, 5.41) is 2.63. The summed E-state index contributed by atoms with van der Waals surface area (Å²) in [6, 6.07) is 91.4. The van der Waals surface area contributed by atoms with Gasteiger partial charge in [-0.15, -0.1) is 11.3 Å². The van der Waals surface area contributed by atoms with Crippen LogP contribution >= 0.6 is 11.3 Å². The Morgan fingerprint density at radius 2 is 0.778 bits per heavy atom. The highest BCUT2D eigenvalue weighted by molar-refractivity contribution is 7.25. The monoisotopic (exact) mass is 819 g/mol. The molecule has 0 fully saturated rings. The van der Waals surface area contributed by atoms with Crippen LogP contribution < -0.4 is 4.90 Å². The zero-order valence-corrected chi connectivity index (χ0v) is 35.3. The molecule has 1 aromatic heterocycles. The summed E-state index contributed by atoms with van der Waals surface area (Å²) in [5.41, 5.74) is 17.8. The number of anilines is 3. The minimum absolute atomic E-state index is 0.424. The SMILES string of the molecule is c1ccc(-c2ccc(N(c3ccc(-c4ccc5sc6ccccc6c5c4)cc3)c3cccc(-c4ccc5c(c4)-c4ccccc4C5(c4ccccc4)c4ccccc4)c3)cc2)cc1. The van der Waals surface area contributed by atoms with Crippen molar-refractivity contribution in [3.63, 3.8) is 0 Å². The minimum Gasteiger partial charge on any atom is -0.310 e. The van der Waals surface area contributed by atoms with Crippen LogP contribution in [0.2, 0.25) is 0 Å². The Hall–Kier alpha value is -7.78. The van der Waals surface area contributed by atoms with E-state index >= 15 is 0 Å². The average Bonchev–Trinajstić information content (AvgIpc) is 3.89. The van der Waals surface area contributed by atoms with Crippen molar-refractivity contribution in [2.24, 2.45) is 0 Å². The number of thiophene rings is 1. The van der Waals surface area contributed by atoms with Gasteiger partial charge < -0.3 is 4.90 Å². The number of fused-ring (bicyclic) bond motifs is 6. The van der Waals surface area contributed by atoms with Crippen molar-refractivity contribution < 1.29 is 0 Å². The Morgan fingerprint density at radius 1 is 0.286 bits per heavy atom. The van der Waals surface area contributed by atoms with Crippen LogP contribution in [0.25, 0.3) is 64.7 Å². The van der Waals surface area contributed by atoms with Crippen molar-refractivity contribution in [3.05, 3.63) is 271 Å². The van der Waals surface area contributed by atoms with Gasteiger partial charge in [-0.2, -0.15) is 0 Å². The van der Waals surface area contributed by atoms with Gasteiger partial charge in [0.2, 0.25) is 0 Å². The molecular weight excluding hydrogens is 779 g/mol. The number of nitrogens with zero attached hydrogens (tertiary/aromatic N) is 1. The zero-order chi connectivity index (χ0) is 41.7. The zero-order valence-electron chi connectivity index (χ0n) is 34.5. The van der Waals surface area contributed by atoms with Crippen molar-refractivity contribution in [2.75, 3.05) is 4.90 Å². The molecule has 0 N–H and O–H groups in total. The lowest BCUT2D eigenvalue weighted by Crippen LogP contribution is -2.28. The van der Waals surface area contributed by atoms with Crippen molar-refractivity contribution >= 4 is 48.6 Å². The molecule has 0 atom stereocenters. The maximum Gasteiger partial charge on any atom is 0.0713 e. The smallest absolute Gasteiger partial charge is 0.0713 e. The van der Waals surface area contributed by atoms with E-state index in [-0.39, 0.29) is 0 Å². The van der Waals surface area contributed by atoms with Crippen LogP contribution in [0.1, 0.15) is 22.3 Å². The predicted molar refractivity (Wildman–Crippen MR) is 268 cm³/mol. The summed E-state index contributed by atoms with van der Waals surface area (Å²) in [5.74, 6) is 0. The van der Waals surface area contributed by atoms with Crippen LogP contribution in [-0.4, -0.2) is 0 Å². The fourth-order valence-electron chi connectivity index (χ4n) is 10.0. The first kappa shape index (κ1) is 37.0. The van der Waals surface area contributed by atoms with E-state index in [4.69, 9.17) is 0 Å². The molecule has 63 heavy (non-hydrogen) atoms. The number of hydrogen-bond acceptors (Lipinski definition) is 2. The summed E-state index contributed by atoms with van der Waals surface area (Å²) in [7, 11) is 0. The molecule has 0 bridgehead atoms. The highest BCUT2D eigenvalue weighted by atomic mass is 32.1. The summed E-state index contributed by atoms with van der Waals surface area (Å²) in [4.78, 5) is 2.39. The molecule has 0 aliphatic heterocycles. The average molecular weight is 820 g/mol. The van der Waals surface area contributed by atoms with Crippen LogP contribution in [0, 0.1) is 0 Å². The summed E-state index contributed by atoms with van der Waals surface area (Å²) in [6.45, 7) is 0. The maximum absolute atomic E-state index is 2.42. The Morgan fingerprint density at radius 3 is 1.49 bits per heavy atom. The lowest BCUT2D eigenvalue weighted by atomic mass is 9.67. The summed E-state index contributed by atoms with van der Waals surface area (Å²) in [6.07, 6.45) is 0. The molecule has 0 spiro atoms. The minimum atomic E-state index is -0.424. The van der Waals surface area contributed by atoms with Gasteiger partial charge >= 0.3 is 0 Å². The third-order valence-corrected chi connectivity index (χ3v) is 14.1. The molecule has 1 heterocycles. The van der Waals surface area contributed by atoms with Gasteiger partial charge in [-0.3, -0.25) is 0 Å². The third kappa shape index (κ3) is 6.22. The van der Waals surface area contributed by atoms with Gasteiger partial charge in [0.05, 0.1) is 5.41 Å². The van der Waals surface area contributed by atoms with E-state index in [0.29, 0.717) is 0 Å². The molecule has 1 aliphatic carbocycles. The molecule has 0 saturated carbocycles. The van der Waals surface area contributed by atoms with Crippen LogP contribution in [0.3, 0.4) is 0 Å². The van der Waals surface area contributed by atoms with Gasteiger partial charge in [0.25, 0.3) is 0 Å². The van der Waals surface area contributed by atoms with Crippen LogP contribution in [-0.2, 0) is 5.41 Å². The second-order valence-corrected chi connectivity index (χ2v) is 17.5. The summed E-state index contributed by atoms with van der Waals surface area (Å²) >= 11 is 1.86. The van der Waals surface area contributed by atoms with Crippen molar-refractivity contribution in [1.29, 1.82) is 0 Å². The molecule has 12 rings (SSSR count). The van der Waals surface area contributed by atoms with Gasteiger partial charge in [0.1, 0.15) is 0 Å². The van der Waals surface area contributed by atoms with Crippen molar-refractivity contribution in [2.45, 2.75) is 5.41 Å². The molecule has 0 unspecified atom stereocenters. The topological polar surface area (TPSA) is 3.24 Å². The molecule has 11 aromatic rings. The number of benzene rings is 10. The van der Waals surface area contributed by atoms with Crippen molar-refractivity contribution in [1.82, 2.24) is 0 Å². The number of rotatable bonds is 8. The fraction of sp³-hybridized carbons (Fsp3) is 0.0164. The van der Waals surface area contributed by atoms with E-state index in [1.165, 1.54) is 86.9 Å². The molecule has 296 valence electrons. The van der Waals surface area contributed by atoms with E-state index in [9.17, 15) is 0 Å². The molecule has 0 amide bonds. The van der Waals surface area contributed by atoms with E-state index < -0.39 is 5.41 Å². The first-order valence-electron chi connectivity index (χ1n) is 21.7. The van der Waals surface area contributed by atoms with E-state index in [1.807, 2.05) is 11.3 Å². The second-order valence-electron chi connectivity index (χ2n) is 16.4. The molecule has 1 nitrogen and oxygen atoms in total. The van der Waals surface area contributed by atoms with Crippen LogP contribution in [0.4, 0.5) is 17.1 Å². The van der Waals surface area contributed by atoms with Gasteiger partial charge in [-0.25, -0.2) is 0 Å². The van der Waals surface area contributed by atoms with Crippen LogP contribution in [0.15, 0.2) is 249 Å². The first-order valence-corrected chi connectivity index (χ1v) is 22.5. The Labute approximate surface area is 372 Å². The van der Waals surface area contributed by atoms with E-state index in [1.54, 1.807) is 0 Å².